The summed E-state index contributed by atoms with van der Waals surface area (Å²) in [4.78, 5) is -1.60. The van der Waals surface area contributed by atoms with Gasteiger partial charge in [0.2, 0.25) is 0 Å². The van der Waals surface area contributed by atoms with Crippen LogP contribution in [-0.4, -0.2) is 39.0 Å². The zero-order chi connectivity index (χ0) is 26.4. The number of hydrogen-bond donors (Lipinski definition) is 2. The molecule has 0 radical (unpaired) electrons. The third-order valence-corrected chi connectivity index (χ3v) is 7.63. The number of fused-ring (bicyclic) bond motifs is 2. The first-order chi connectivity index (χ1) is 16.8. The first-order valence-electron chi connectivity index (χ1n) is 11.2. The molecule has 0 unspecified atom stereocenters. The molecule has 3 aromatic carbocycles. The zero-order valence-corrected chi connectivity index (χ0v) is 24.8. The second-order valence-electron chi connectivity index (χ2n) is 8.43. The van der Waals surface area contributed by atoms with Gasteiger partial charge in [-0.1, -0.05) is 6.07 Å². The molecular weight excluding hydrogens is 527 g/mol. The zero-order valence-electron chi connectivity index (χ0n) is 21.1. The first-order valence-corrected chi connectivity index (χ1v) is 14.1. The summed E-state index contributed by atoms with van der Waals surface area (Å²) < 4.78 is 77.9. The van der Waals surface area contributed by atoms with Gasteiger partial charge in [-0.25, -0.2) is 21.3 Å². The number of aryl methyl sites for hydroxylation is 2. The van der Waals surface area contributed by atoms with E-state index in [4.69, 9.17) is 4.42 Å². The molecule has 0 atom stereocenters. The van der Waals surface area contributed by atoms with Gasteiger partial charge in [0.1, 0.15) is 20.2 Å². The molecule has 0 aliphatic carbocycles. The molecule has 4 aromatic rings. The van der Waals surface area contributed by atoms with Crippen LogP contribution in [0, 0.1) is 13.8 Å². The standard InChI is InChI=1S/C25H26N2O7S2.Na/c1-5-26-20-12-22-18(9-14(20)3)25(19-10-15(4)21(27-6-2)13-23(19)34-22)17-8-7-16(35(28,29)30)11-24(17)36(31,32)33;/h7-13,26-27H,5-6H2,1-4H3,(H-,28,29,30,31,32,33);/q;+1/p-1. The summed E-state index contributed by atoms with van der Waals surface area (Å²) in [5.41, 5.74) is 4.57. The van der Waals surface area contributed by atoms with E-state index in [-0.39, 0.29) is 35.1 Å². The van der Waals surface area contributed by atoms with E-state index in [9.17, 15) is 25.9 Å². The van der Waals surface area contributed by atoms with Crippen molar-refractivity contribution in [1.29, 1.82) is 0 Å². The second-order valence-corrected chi connectivity index (χ2v) is 11.2. The van der Waals surface area contributed by atoms with Crippen LogP contribution in [0.5, 0.6) is 0 Å². The van der Waals surface area contributed by atoms with Crippen molar-refractivity contribution >= 4 is 53.5 Å². The Kier molecular flexibility index (Phi) is 8.60. The van der Waals surface area contributed by atoms with Crippen LogP contribution >= 0.6 is 0 Å². The van der Waals surface area contributed by atoms with Crippen LogP contribution in [0.3, 0.4) is 0 Å². The van der Waals surface area contributed by atoms with Crippen LogP contribution in [0.25, 0.3) is 33.1 Å². The van der Waals surface area contributed by atoms with E-state index in [0.29, 0.717) is 46.7 Å². The molecule has 4 rings (SSSR count). The second kappa shape index (κ2) is 10.9. The van der Waals surface area contributed by atoms with Crippen molar-refractivity contribution in [3.8, 4) is 11.1 Å². The Morgan fingerprint density at radius 1 is 0.757 bits per heavy atom. The van der Waals surface area contributed by atoms with E-state index in [2.05, 4.69) is 10.6 Å². The fourth-order valence-electron chi connectivity index (χ4n) is 4.32. The molecule has 12 heteroatoms. The van der Waals surface area contributed by atoms with Gasteiger partial charge in [0.05, 0.1) is 32.7 Å². The predicted molar refractivity (Wildman–Crippen MR) is 137 cm³/mol. The normalized spacial score (nSPS) is 11.9. The fraction of sp³-hybridized carbons (Fsp3) is 0.240. The van der Waals surface area contributed by atoms with Crippen LogP contribution in [0.2, 0.25) is 0 Å². The van der Waals surface area contributed by atoms with E-state index in [0.717, 1.165) is 28.6 Å². The monoisotopic (exact) mass is 552 g/mol. The van der Waals surface area contributed by atoms with Crippen molar-refractivity contribution < 1.29 is 59.9 Å². The molecule has 37 heavy (non-hydrogen) atoms. The first kappa shape index (κ1) is 29.3. The van der Waals surface area contributed by atoms with Crippen LogP contribution in [0.1, 0.15) is 25.0 Å². The van der Waals surface area contributed by atoms with E-state index in [1.165, 1.54) is 6.07 Å². The molecule has 1 aromatic heterocycles. The molecular formula is C25H25N2NaO7S2. The number of benzene rings is 3. The summed E-state index contributed by atoms with van der Waals surface area (Å²) in [5.74, 6) is 0. The van der Waals surface area contributed by atoms with Gasteiger partial charge in [-0.3, -0.25) is 0 Å². The predicted octanol–water partition coefficient (Wildman–Crippen LogP) is 1.83. The van der Waals surface area contributed by atoms with Gasteiger partial charge in [0.15, 0.2) is 0 Å². The van der Waals surface area contributed by atoms with Crippen LogP contribution in [0.4, 0.5) is 11.4 Å². The number of nitrogens with one attached hydrogen (secondary N) is 2. The third-order valence-electron chi connectivity index (χ3n) is 5.93. The van der Waals surface area contributed by atoms with Gasteiger partial charge in [-0.2, -0.15) is 0 Å². The van der Waals surface area contributed by atoms with Crippen molar-refractivity contribution in [3.63, 3.8) is 0 Å². The molecule has 2 N–H and O–H groups in total. The van der Waals surface area contributed by atoms with Gasteiger partial charge < -0.3 is 19.7 Å². The molecule has 190 valence electrons. The SMILES string of the molecule is CCNc1cc2[o+]c3cc(NCC)c(C)cc3c(-c3ccc(S(=O)(=O)[O-])cc3S(=O)(=O)[O-])c2cc1C.[Na+]. The molecule has 0 saturated carbocycles. The minimum absolute atomic E-state index is 0. The van der Waals surface area contributed by atoms with Crippen molar-refractivity contribution in [2.24, 2.45) is 0 Å². The summed E-state index contributed by atoms with van der Waals surface area (Å²) in [6.07, 6.45) is 0. The number of anilines is 2. The van der Waals surface area contributed by atoms with Crippen LogP contribution in [-0.2, 0) is 20.2 Å². The number of hydrogen-bond acceptors (Lipinski definition) is 8. The Balaban J connectivity index is 0.00000380. The molecule has 0 fully saturated rings. The summed E-state index contributed by atoms with van der Waals surface area (Å²) >= 11 is 0. The molecule has 0 saturated heterocycles. The molecule has 1 heterocycles. The molecule has 0 amide bonds. The van der Waals surface area contributed by atoms with E-state index in [1.54, 1.807) is 12.1 Å². The Labute approximate surface area is 238 Å². The van der Waals surface area contributed by atoms with Crippen molar-refractivity contribution in [3.05, 3.63) is 53.6 Å². The summed E-state index contributed by atoms with van der Waals surface area (Å²) in [6.45, 7) is 9.00. The van der Waals surface area contributed by atoms with Crippen molar-refractivity contribution in [2.45, 2.75) is 37.5 Å². The minimum Gasteiger partial charge on any atom is -0.744 e. The Hall–Kier alpha value is -2.25. The van der Waals surface area contributed by atoms with Crippen LogP contribution < -0.4 is 40.2 Å². The smallest absolute Gasteiger partial charge is 0.744 e. The maximum Gasteiger partial charge on any atom is 1.00 e. The average Bonchev–Trinajstić information content (AvgIpc) is 2.78. The summed E-state index contributed by atoms with van der Waals surface area (Å²) in [6, 6.07) is 10.1. The molecule has 9 nitrogen and oxygen atoms in total. The Bertz CT molecular complexity index is 1670. The topological polar surface area (TPSA) is 150 Å². The van der Waals surface area contributed by atoms with Crippen molar-refractivity contribution in [2.75, 3.05) is 23.7 Å². The van der Waals surface area contributed by atoms with Gasteiger partial charge in [0.25, 0.3) is 0 Å². The van der Waals surface area contributed by atoms with E-state index >= 15 is 0 Å². The molecule has 0 bridgehead atoms. The van der Waals surface area contributed by atoms with Crippen LogP contribution in [0.15, 0.2) is 56.7 Å². The van der Waals surface area contributed by atoms with Gasteiger partial charge in [-0.05, 0) is 63.1 Å². The maximum absolute atomic E-state index is 12.3. The molecule has 0 aliphatic rings. The average molecular weight is 553 g/mol. The van der Waals surface area contributed by atoms with E-state index in [1.807, 2.05) is 39.8 Å². The fourth-order valence-corrected chi connectivity index (χ4v) is 5.61. The Morgan fingerprint density at radius 2 is 1.24 bits per heavy atom. The maximum atomic E-state index is 12.3. The minimum atomic E-state index is -5.16. The third kappa shape index (κ3) is 5.78. The summed E-state index contributed by atoms with van der Waals surface area (Å²) in [7, 11) is -10.2. The molecule has 0 aliphatic heterocycles. The van der Waals surface area contributed by atoms with Gasteiger partial charge >= 0.3 is 40.7 Å². The number of rotatable bonds is 7. The van der Waals surface area contributed by atoms with Gasteiger partial charge in [-0.15, -0.1) is 0 Å². The van der Waals surface area contributed by atoms with Gasteiger partial charge in [0, 0.05) is 35.6 Å². The summed E-state index contributed by atoms with van der Waals surface area (Å²) in [5, 5.41) is 7.57. The molecule has 0 spiro atoms. The largest absolute Gasteiger partial charge is 1.00 e. The Morgan fingerprint density at radius 3 is 1.65 bits per heavy atom. The van der Waals surface area contributed by atoms with Crippen molar-refractivity contribution in [1.82, 2.24) is 0 Å². The van der Waals surface area contributed by atoms with E-state index < -0.39 is 30.0 Å². The quantitative estimate of drug-likeness (QED) is 0.151.